The maximum Gasteiger partial charge on any atom is 0.134 e. The minimum absolute atomic E-state index is 0.165. The van der Waals surface area contributed by atoms with Gasteiger partial charge in [-0.15, -0.1) is 0 Å². The van der Waals surface area contributed by atoms with Crippen molar-refractivity contribution in [2.24, 2.45) is 0 Å². The van der Waals surface area contributed by atoms with E-state index in [2.05, 4.69) is 30.6 Å². The summed E-state index contributed by atoms with van der Waals surface area (Å²) in [5.74, 6) is 6.29. The molecule has 1 rings (SSSR count). The van der Waals surface area contributed by atoms with Gasteiger partial charge in [-0.25, -0.2) is 0 Å². The van der Waals surface area contributed by atoms with Crippen LogP contribution in [0, 0.1) is 11.8 Å². The number of nitrogens with zero attached hydrogens (tertiary/aromatic N) is 1. The topological polar surface area (TPSA) is 52.9 Å². The Hall–Kier alpha value is -1.54. The number of hydrogen-bond donors (Lipinski definition) is 2. The Morgan fingerprint density at radius 1 is 1.29 bits per heavy atom. The van der Waals surface area contributed by atoms with Gasteiger partial charge in [0.2, 0.25) is 0 Å². The van der Waals surface area contributed by atoms with Crippen LogP contribution in [-0.4, -0.2) is 48.0 Å². The number of hydrogen-bond acceptors (Lipinski definition) is 4. The van der Waals surface area contributed by atoms with E-state index in [-0.39, 0.29) is 13.2 Å². The maximum absolute atomic E-state index is 8.99. The molecule has 0 radical (unpaired) electrons. The molecule has 0 saturated carbocycles. The molecule has 4 nitrogen and oxygen atoms in total. The van der Waals surface area contributed by atoms with Crippen molar-refractivity contribution in [2.45, 2.75) is 32.9 Å². The van der Waals surface area contributed by atoms with Gasteiger partial charge in [-0.2, -0.15) is 0 Å². The van der Waals surface area contributed by atoms with E-state index in [1.54, 1.807) is 7.11 Å². The first-order chi connectivity index (χ1) is 10.1. The molecule has 21 heavy (non-hydrogen) atoms. The quantitative estimate of drug-likeness (QED) is 0.750. The van der Waals surface area contributed by atoms with Gasteiger partial charge in [0.15, 0.2) is 0 Å². The average Bonchev–Trinajstić information content (AvgIpc) is 2.49. The summed E-state index contributed by atoms with van der Waals surface area (Å²) in [5, 5.41) is 17.8. The third-order valence-electron chi connectivity index (χ3n) is 3.29. The highest BCUT2D eigenvalue weighted by Crippen LogP contribution is 2.20. The molecule has 0 fully saturated rings. The smallest absolute Gasteiger partial charge is 0.134 e. The molecule has 0 unspecified atom stereocenters. The van der Waals surface area contributed by atoms with E-state index in [0.717, 1.165) is 30.6 Å². The molecule has 4 heteroatoms. The standard InChI is InChI=1S/C17H25NO3/c1-14(2)18(9-5-11-20)13-15-7-8-17(21-3)16(12-15)6-4-10-19/h7-8,12,14,19-20H,5,9-11,13H2,1-3H3. The molecule has 0 bridgehead atoms. The monoisotopic (exact) mass is 291 g/mol. The summed E-state index contributed by atoms with van der Waals surface area (Å²) in [5.41, 5.74) is 1.93. The lowest BCUT2D eigenvalue weighted by Crippen LogP contribution is -2.31. The zero-order valence-corrected chi connectivity index (χ0v) is 13.1. The fourth-order valence-electron chi connectivity index (χ4n) is 2.11. The SMILES string of the molecule is COc1ccc(CN(CCCO)C(C)C)cc1C#CCO. The highest BCUT2D eigenvalue weighted by molar-refractivity contribution is 5.48. The van der Waals surface area contributed by atoms with Crippen LogP contribution in [0.25, 0.3) is 0 Å². The van der Waals surface area contributed by atoms with Crippen molar-refractivity contribution in [2.75, 3.05) is 26.9 Å². The number of benzene rings is 1. The van der Waals surface area contributed by atoms with Crippen LogP contribution in [0.15, 0.2) is 18.2 Å². The van der Waals surface area contributed by atoms with E-state index in [4.69, 9.17) is 14.9 Å². The van der Waals surface area contributed by atoms with Crippen LogP contribution in [0.4, 0.5) is 0 Å². The highest BCUT2D eigenvalue weighted by Gasteiger charge is 2.11. The molecule has 0 aliphatic heterocycles. The van der Waals surface area contributed by atoms with E-state index in [9.17, 15) is 0 Å². The van der Waals surface area contributed by atoms with Crippen molar-refractivity contribution in [1.82, 2.24) is 4.90 Å². The Kier molecular flexibility index (Phi) is 7.84. The molecule has 0 amide bonds. The Morgan fingerprint density at radius 3 is 2.62 bits per heavy atom. The number of aliphatic hydroxyl groups excluding tert-OH is 2. The number of rotatable bonds is 7. The van der Waals surface area contributed by atoms with Crippen molar-refractivity contribution in [3.05, 3.63) is 29.3 Å². The molecular weight excluding hydrogens is 266 g/mol. The second kappa shape index (κ2) is 9.41. The molecular formula is C17H25NO3. The van der Waals surface area contributed by atoms with Crippen LogP contribution in [0.3, 0.4) is 0 Å². The molecule has 1 aromatic carbocycles. The molecule has 0 heterocycles. The third kappa shape index (κ3) is 5.76. The first kappa shape index (κ1) is 17.5. The highest BCUT2D eigenvalue weighted by atomic mass is 16.5. The fourth-order valence-corrected chi connectivity index (χ4v) is 2.11. The summed E-state index contributed by atoms with van der Waals surface area (Å²) >= 11 is 0. The van der Waals surface area contributed by atoms with Crippen molar-refractivity contribution in [3.8, 4) is 17.6 Å². The number of methoxy groups -OCH3 is 1. The number of ether oxygens (including phenoxy) is 1. The van der Waals surface area contributed by atoms with Gasteiger partial charge in [0, 0.05) is 25.7 Å². The summed E-state index contributed by atoms with van der Waals surface area (Å²) in [4.78, 5) is 2.31. The summed E-state index contributed by atoms with van der Waals surface area (Å²) in [6.45, 7) is 6.00. The average molecular weight is 291 g/mol. The molecule has 0 aliphatic carbocycles. The lowest BCUT2D eigenvalue weighted by molar-refractivity contribution is 0.185. The van der Waals surface area contributed by atoms with Crippen LogP contribution in [0.2, 0.25) is 0 Å². The van der Waals surface area contributed by atoms with Gasteiger partial charge < -0.3 is 14.9 Å². The Bertz CT molecular complexity index is 489. The summed E-state index contributed by atoms with van der Waals surface area (Å²) in [6.07, 6.45) is 0.769. The first-order valence-corrected chi connectivity index (χ1v) is 7.24. The predicted molar refractivity (Wildman–Crippen MR) is 84.2 cm³/mol. The van der Waals surface area contributed by atoms with Gasteiger partial charge in [0.25, 0.3) is 0 Å². The molecule has 1 aromatic rings. The Balaban J connectivity index is 2.91. The van der Waals surface area contributed by atoms with Crippen LogP contribution in [-0.2, 0) is 6.54 Å². The zero-order valence-electron chi connectivity index (χ0n) is 13.1. The van der Waals surface area contributed by atoms with E-state index in [0.29, 0.717) is 11.8 Å². The van der Waals surface area contributed by atoms with Crippen molar-refractivity contribution < 1.29 is 14.9 Å². The lowest BCUT2D eigenvalue weighted by Gasteiger charge is -2.26. The second-order valence-corrected chi connectivity index (χ2v) is 5.14. The largest absolute Gasteiger partial charge is 0.495 e. The molecule has 116 valence electrons. The predicted octanol–water partition coefficient (Wildman–Crippen LogP) is 1.63. The van der Waals surface area contributed by atoms with Crippen molar-refractivity contribution >= 4 is 0 Å². The van der Waals surface area contributed by atoms with Gasteiger partial charge in [0.05, 0.1) is 12.7 Å². The summed E-state index contributed by atoms with van der Waals surface area (Å²) < 4.78 is 5.28. The molecule has 0 aliphatic rings. The van der Waals surface area contributed by atoms with Gasteiger partial charge in [-0.3, -0.25) is 4.90 Å². The van der Waals surface area contributed by atoms with E-state index in [1.807, 2.05) is 18.2 Å². The third-order valence-corrected chi connectivity index (χ3v) is 3.29. The number of aliphatic hydroxyl groups is 2. The summed E-state index contributed by atoms with van der Waals surface area (Å²) in [7, 11) is 1.61. The zero-order chi connectivity index (χ0) is 15.7. The van der Waals surface area contributed by atoms with E-state index in [1.165, 1.54) is 0 Å². The Labute approximate surface area is 127 Å². The summed E-state index contributed by atoms with van der Waals surface area (Å²) in [6, 6.07) is 6.33. The van der Waals surface area contributed by atoms with E-state index < -0.39 is 0 Å². The first-order valence-electron chi connectivity index (χ1n) is 7.24. The van der Waals surface area contributed by atoms with Gasteiger partial charge >= 0.3 is 0 Å². The van der Waals surface area contributed by atoms with Gasteiger partial charge in [-0.1, -0.05) is 17.9 Å². The minimum atomic E-state index is -0.165. The maximum atomic E-state index is 8.99. The molecule has 0 saturated heterocycles. The van der Waals surface area contributed by atoms with Crippen molar-refractivity contribution in [1.29, 1.82) is 0 Å². The molecule has 0 atom stereocenters. The Morgan fingerprint density at radius 2 is 2.05 bits per heavy atom. The van der Waals surface area contributed by atoms with Crippen LogP contribution >= 0.6 is 0 Å². The van der Waals surface area contributed by atoms with Gasteiger partial charge in [0.1, 0.15) is 12.4 Å². The molecule has 0 spiro atoms. The fraction of sp³-hybridized carbons (Fsp3) is 0.529. The van der Waals surface area contributed by atoms with Crippen molar-refractivity contribution in [3.63, 3.8) is 0 Å². The normalized spacial score (nSPS) is 10.6. The second-order valence-electron chi connectivity index (χ2n) is 5.14. The van der Waals surface area contributed by atoms with Crippen LogP contribution in [0.1, 0.15) is 31.4 Å². The van der Waals surface area contributed by atoms with Crippen LogP contribution < -0.4 is 4.74 Å². The van der Waals surface area contributed by atoms with Gasteiger partial charge in [-0.05, 0) is 38.0 Å². The lowest BCUT2D eigenvalue weighted by atomic mass is 10.1. The van der Waals surface area contributed by atoms with E-state index >= 15 is 0 Å². The molecule has 2 N–H and O–H groups in total. The molecule has 0 aromatic heterocycles. The van der Waals surface area contributed by atoms with Crippen LogP contribution in [0.5, 0.6) is 5.75 Å². The minimum Gasteiger partial charge on any atom is -0.495 e.